The molecular weight excluding hydrogens is 228 g/mol. The number of nitrogens with one attached hydrogen (secondary N) is 1. The van der Waals surface area contributed by atoms with Gasteiger partial charge in [0.25, 0.3) is 5.91 Å². The molecule has 1 saturated heterocycles. The summed E-state index contributed by atoms with van der Waals surface area (Å²) >= 11 is 0. The molecule has 0 spiro atoms. The van der Waals surface area contributed by atoms with Crippen molar-refractivity contribution < 1.29 is 4.79 Å². The minimum atomic E-state index is 0.0296. The molecule has 1 unspecified atom stereocenters. The highest BCUT2D eigenvalue weighted by atomic mass is 16.2. The number of nitrogens with zero attached hydrogens (tertiary/aromatic N) is 3. The normalized spacial score (nSPS) is 19.3. The average molecular weight is 248 g/mol. The third-order valence-electron chi connectivity index (χ3n) is 3.45. The van der Waals surface area contributed by atoms with Gasteiger partial charge < -0.3 is 15.1 Å². The zero-order valence-corrected chi connectivity index (χ0v) is 11.2. The van der Waals surface area contributed by atoms with Gasteiger partial charge in [-0.05, 0) is 32.6 Å². The first-order valence-corrected chi connectivity index (χ1v) is 6.21. The van der Waals surface area contributed by atoms with E-state index < -0.39 is 0 Å². The van der Waals surface area contributed by atoms with Crippen molar-refractivity contribution in [3.05, 3.63) is 24.0 Å². The van der Waals surface area contributed by atoms with E-state index in [1.807, 2.05) is 18.0 Å². The molecule has 5 nitrogen and oxygen atoms in total. The van der Waals surface area contributed by atoms with Crippen LogP contribution in [-0.2, 0) is 0 Å². The fourth-order valence-electron chi connectivity index (χ4n) is 2.18. The van der Waals surface area contributed by atoms with E-state index in [4.69, 9.17) is 0 Å². The maximum Gasteiger partial charge on any atom is 0.272 e. The Balaban J connectivity index is 2.03. The van der Waals surface area contributed by atoms with Crippen molar-refractivity contribution in [2.75, 3.05) is 39.5 Å². The van der Waals surface area contributed by atoms with Crippen LogP contribution in [0.25, 0.3) is 0 Å². The summed E-state index contributed by atoms with van der Waals surface area (Å²) in [6.07, 6.45) is 2.72. The highest BCUT2D eigenvalue weighted by Gasteiger charge is 2.28. The molecule has 2 heterocycles. The van der Waals surface area contributed by atoms with Gasteiger partial charge in [-0.15, -0.1) is 0 Å². The molecule has 1 aliphatic rings. The number of carbonyl (C=O) groups excluding carboxylic acids is 1. The fourth-order valence-corrected chi connectivity index (χ4v) is 2.18. The average Bonchev–Trinajstić information content (AvgIpc) is 2.88. The summed E-state index contributed by atoms with van der Waals surface area (Å²) in [7, 11) is 5.94. The first-order valence-electron chi connectivity index (χ1n) is 6.21. The van der Waals surface area contributed by atoms with Crippen LogP contribution >= 0.6 is 0 Å². The van der Waals surface area contributed by atoms with Gasteiger partial charge in [0.15, 0.2) is 0 Å². The topological polar surface area (TPSA) is 48.5 Å². The minimum Gasteiger partial charge on any atom is -0.387 e. The second kappa shape index (κ2) is 5.35. The third-order valence-corrected chi connectivity index (χ3v) is 3.45. The maximum atomic E-state index is 12.2. The summed E-state index contributed by atoms with van der Waals surface area (Å²) in [5, 5.41) is 2.99. The standard InChI is InChI=1S/C13H20N4O/c1-14-10-4-5-12(15-8-10)13(18)17-7-6-11(9-17)16(2)3/h4-5,8,11,14H,6-7,9H2,1-3H3. The number of hydrogen-bond acceptors (Lipinski definition) is 4. The number of rotatable bonds is 3. The molecule has 0 bridgehead atoms. The van der Waals surface area contributed by atoms with E-state index in [1.54, 1.807) is 12.3 Å². The van der Waals surface area contributed by atoms with E-state index in [0.717, 1.165) is 25.2 Å². The van der Waals surface area contributed by atoms with Crippen molar-refractivity contribution >= 4 is 11.6 Å². The molecule has 1 atom stereocenters. The largest absolute Gasteiger partial charge is 0.387 e. The summed E-state index contributed by atoms with van der Waals surface area (Å²) in [4.78, 5) is 20.5. The lowest BCUT2D eigenvalue weighted by molar-refractivity contribution is 0.0777. The molecule has 0 aromatic carbocycles. The van der Waals surface area contributed by atoms with E-state index in [1.165, 1.54) is 0 Å². The Kier molecular flexibility index (Phi) is 3.81. The molecule has 0 radical (unpaired) electrons. The molecule has 1 aromatic rings. The van der Waals surface area contributed by atoms with Crippen LogP contribution in [0.1, 0.15) is 16.9 Å². The molecule has 5 heteroatoms. The maximum absolute atomic E-state index is 12.2. The minimum absolute atomic E-state index is 0.0296. The Morgan fingerprint density at radius 3 is 2.78 bits per heavy atom. The van der Waals surface area contributed by atoms with Crippen LogP contribution < -0.4 is 5.32 Å². The van der Waals surface area contributed by atoms with Crippen LogP contribution in [0, 0.1) is 0 Å². The molecule has 1 aromatic heterocycles. The predicted octanol–water partition coefficient (Wildman–Crippen LogP) is 0.899. The highest BCUT2D eigenvalue weighted by Crippen LogP contribution is 2.16. The molecule has 1 N–H and O–H groups in total. The van der Waals surface area contributed by atoms with Gasteiger partial charge in [-0.25, -0.2) is 4.98 Å². The number of pyridine rings is 1. The number of hydrogen-bond donors (Lipinski definition) is 1. The third kappa shape index (κ3) is 2.61. The number of aromatic nitrogens is 1. The second-order valence-electron chi connectivity index (χ2n) is 4.84. The highest BCUT2D eigenvalue weighted by molar-refractivity contribution is 5.92. The summed E-state index contributed by atoms with van der Waals surface area (Å²) in [5.74, 6) is 0.0296. The molecule has 2 rings (SSSR count). The summed E-state index contributed by atoms with van der Waals surface area (Å²) in [6.45, 7) is 1.61. The fraction of sp³-hybridized carbons (Fsp3) is 0.538. The summed E-state index contributed by atoms with van der Waals surface area (Å²) in [6, 6.07) is 4.11. The van der Waals surface area contributed by atoms with E-state index in [2.05, 4.69) is 29.3 Å². The van der Waals surface area contributed by atoms with Crippen molar-refractivity contribution in [2.45, 2.75) is 12.5 Å². The van der Waals surface area contributed by atoms with E-state index in [9.17, 15) is 4.79 Å². The zero-order chi connectivity index (χ0) is 13.1. The molecule has 18 heavy (non-hydrogen) atoms. The van der Waals surface area contributed by atoms with Gasteiger partial charge in [-0.3, -0.25) is 4.79 Å². The van der Waals surface area contributed by atoms with Crippen LogP contribution in [0.15, 0.2) is 18.3 Å². The Morgan fingerprint density at radius 1 is 1.50 bits per heavy atom. The quantitative estimate of drug-likeness (QED) is 0.863. The van der Waals surface area contributed by atoms with Crippen LogP contribution in [0.5, 0.6) is 0 Å². The summed E-state index contributed by atoms with van der Waals surface area (Å²) in [5.41, 5.74) is 1.44. The molecule has 0 aliphatic carbocycles. The van der Waals surface area contributed by atoms with Gasteiger partial charge in [-0.1, -0.05) is 0 Å². The van der Waals surface area contributed by atoms with Gasteiger partial charge in [-0.2, -0.15) is 0 Å². The molecule has 1 amide bonds. The number of anilines is 1. The monoisotopic (exact) mass is 248 g/mol. The number of likely N-dealkylation sites (tertiary alicyclic amines) is 1. The Hall–Kier alpha value is -1.62. The first kappa shape index (κ1) is 12.8. The second-order valence-corrected chi connectivity index (χ2v) is 4.84. The summed E-state index contributed by atoms with van der Waals surface area (Å²) < 4.78 is 0. The number of carbonyl (C=O) groups is 1. The first-order chi connectivity index (χ1) is 8.61. The van der Waals surface area contributed by atoms with Gasteiger partial charge >= 0.3 is 0 Å². The lowest BCUT2D eigenvalue weighted by Gasteiger charge is -2.20. The molecule has 1 aliphatic heterocycles. The van der Waals surface area contributed by atoms with E-state index in [0.29, 0.717) is 11.7 Å². The Morgan fingerprint density at radius 2 is 2.28 bits per heavy atom. The lowest BCUT2D eigenvalue weighted by Crippen LogP contribution is -2.34. The van der Waals surface area contributed by atoms with Crippen molar-refractivity contribution in [3.8, 4) is 0 Å². The van der Waals surface area contributed by atoms with Crippen molar-refractivity contribution in [1.82, 2.24) is 14.8 Å². The van der Waals surface area contributed by atoms with Crippen molar-refractivity contribution in [1.29, 1.82) is 0 Å². The van der Waals surface area contributed by atoms with E-state index >= 15 is 0 Å². The van der Waals surface area contributed by atoms with E-state index in [-0.39, 0.29) is 5.91 Å². The molecule has 0 saturated carbocycles. The number of amides is 1. The zero-order valence-electron chi connectivity index (χ0n) is 11.2. The SMILES string of the molecule is CNc1ccc(C(=O)N2CCC(N(C)C)C2)nc1. The van der Waals surface area contributed by atoms with Gasteiger partial charge in [0, 0.05) is 26.2 Å². The van der Waals surface area contributed by atoms with Gasteiger partial charge in [0.1, 0.15) is 5.69 Å². The van der Waals surface area contributed by atoms with Crippen LogP contribution in [0.2, 0.25) is 0 Å². The Bertz CT molecular complexity index is 416. The molecule has 1 fully saturated rings. The molecule has 98 valence electrons. The van der Waals surface area contributed by atoms with Crippen molar-refractivity contribution in [3.63, 3.8) is 0 Å². The van der Waals surface area contributed by atoms with Crippen molar-refractivity contribution in [2.24, 2.45) is 0 Å². The lowest BCUT2D eigenvalue weighted by atomic mass is 10.2. The van der Waals surface area contributed by atoms with Gasteiger partial charge in [0.05, 0.1) is 11.9 Å². The van der Waals surface area contributed by atoms with Crippen LogP contribution in [0.4, 0.5) is 5.69 Å². The smallest absolute Gasteiger partial charge is 0.272 e. The molecular formula is C13H20N4O. The number of likely N-dealkylation sites (N-methyl/N-ethyl adjacent to an activating group) is 1. The Labute approximate surface area is 108 Å². The van der Waals surface area contributed by atoms with Crippen LogP contribution in [-0.4, -0.2) is 61.0 Å². The van der Waals surface area contributed by atoms with Crippen LogP contribution in [0.3, 0.4) is 0 Å². The predicted molar refractivity (Wildman–Crippen MR) is 71.8 cm³/mol. The van der Waals surface area contributed by atoms with Gasteiger partial charge in [0.2, 0.25) is 0 Å².